The number of aromatic hydroxyl groups is 1. The van der Waals surface area contributed by atoms with Gasteiger partial charge in [-0.25, -0.2) is 0 Å². The van der Waals surface area contributed by atoms with Crippen molar-refractivity contribution in [1.29, 1.82) is 0 Å². The molecule has 0 unspecified atom stereocenters. The summed E-state index contributed by atoms with van der Waals surface area (Å²) in [7, 11) is 0. The summed E-state index contributed by atoms with van der Waals surface area (Å²) in [6.07, 6.45) is 5.01. The maximum atomic E-state index is 10.5. The molecule has 4 heteroatoms. The van der Waals surface area contributed by atoms with E-state index in [9.17, 15) is 5.11 Å². The summed E-state index contributed by atoms with van der Waals surface area (Å²) < 4.78 is 5.52. The topological polar surface area (TPSA) is 32.7 Å². The van der Waals surface area contributed by atoms with Crippen LogP contribution >= 0.6 is 11.3 Å². The minimum atomic E-state index is 0.295. The Balaban J connectivity index is 1.82. The Hall–Kier alpha value is -1.52. The van der Waals surface area contributed by atoms with Crippen LogP contribution in [0.5, 0.6) is 11.5 Å². The monoisotopic (exact) mass is 331 g/mol. The Morgan fingerprint density at radius 2 is 2.13 bits per heavy atom. The zero-order valence-electron chi connectivity index (χ0n) is 13.7. The molecule has 2 heterocycles. The van der Waals surface area contributed by atoms with Crippen molar-refractivity contribution >= 4 is 11.3 Å². The Bertz CT molecular complexity index is 612. The second-order valence-corrected chi connectivity index (χ2v) is 7.03. The van der Waals surface area contributed by atoms with Crippen LogP contribution in [-0.2, 0) is 6.54 Å². The lowest BCUT2D eigenvalue weighted by Gasteiger charge is -2.29. The van der Waals surface area contributed by atoms with Gasteiger partial charge in [0, 0.05) is 23.0 Å². The molecule has 3 rings (SSSR count). The minimum absolute atomic E-state index is 0.295. The Kier molecular flexibility index (Phi) is 5.57. The number of likely N-dealkylation sites (tertiary alicyclic amines) is 1. The number of ether oxygens (including phenoxy) is 1. The molecule has 1 saturated heterocycles. The van der Waals surface area contributed by atoms with Crippen LogP contribution in [0.3, 0.4) is 0 Å². The van der Waals surface area contributed by atoms with Crippen molar-refractivity contribution in [2.75, 3.05) is 13.2 Å². The van der Waals surface area contributed by atoms with Crippen molar-refractivity contribution in [3.8, 4) is 11.5 Å². The van der Waals surface area contributed by atoms with E-state index < -0.39 is 0 Å². The van der Waals surface area contributed by atoms with Crippen molar-refractivity contribution in [1.82, 2.24) is 4.90 Å². The fraction of sp³-hybridized carbons (Fsp3) is 0.474. The van der Waals surface area contributed by atoms with Crippen LogP contribution in [0.2, 0.25) is 0 Å². The summed E-state index contributed by atoms with van der Waals surface area (Å²) in [5.41, 5.74) is 0.958. The number of hydrogen-bond donors (Lipinski definition) is 1. The molecule has 1 fully saturated rings. The largest absolute Gasteiger partial charge is 0.504 e. The lowest BCUT2D eigenvalue weighted by molar-refractivity contribution is 0.192. The zero-order chi connectivity index (χ0) is 16.1. The van der Waals surface area contributed by atoms with Gasteiger partial charge in [-0.1, -0.05) is 31.0 Å². The molecule has 23 heavy (non-hydrogen) atoms. The quantitative estimate of drug-likeness (QED) is 0.839. The number of phenolic OH excluding ortho intramolecular Hbond substituents is 1. The molecule has 1 aliphatic heterocycles. The van der Waals surface area contributed by atoms with Gasteiger partial charge in [-0.05, 0) is 43.8 Å². The highest BCUT2D eigenvalue weighted by molar-refractivity contribution is 7.10. The predicted molar refractivity (Wildman–Crippen MR) is 95.2 cm³/mol. The molecule has 0 aliphatic carbocycles. The number of nitrogens with zero attached hydrogens (tertiary/aromatic N) is 1. The van der Waals surface area contributed by atoms with Crippen molar-refractivity contribution < 1.29 is 9.84 Å². The number of para-hydroxylation sites is 1. The van der Waals surface area contributed by atoms with Gasteiger partial charge in [-0.3, -0.25) is 4.90 Å². The maximum absolute atomic E-state index is 10.5. The van der Waals surface area contributed by atoms with Crippen molar-refractivity contribution in [2.24, 2.45) is 0 Å². The van der Waals surface area contributed by atoms with E-state index >= 15 is 0 Å². The number of phenols is 1. The van der Waals surface area contributed by atoms with Gasteiger partial charge in [0.15, 0.2) is 11.5 Å². The molecule has 0 amide bonds. The molecule has 2 aromatic rings. The van der Waals surface area contributed by atoms with Gasteiger partial charge in [0.2, 0.25) is 0 Å². The van der Waals surface area contributed by atoms with Crippen LogP contribution in [0, 0.1) is 0 Å². The fourth-order valence-electron chi connectivity index (χ4n) is 3.35. The van der Waals surface area contributed by atoms with Crippen LogP contribution in [0.15, 0.2) is 35.7 Å². The van der Waals surface area contributed by atoms with Crippen molar-refractivity contribution in [3.63, 3.8) is 0 Å². The smallest absolute Gasteiger partial charge is 0.162 e. The summed E-state index contributed by atoms with van der Waals surface area (Å²) >= 11 is 1.84. The third-order valence-corrected chi connectivity index (χ3v) is 5.46. The van der Waals surface area contributed by atoms with Crippen LogP contribution in [0.25, 0.3) is 0 Å². The summed E-state index contributed by atoms with van der Waals surface area (Å²) in [6.45, 7) is 4.36. The lowest BCUT2D eigenvalue weighted by Crippen LogP contribution is -2.27. The molecule has 0 spiro atoms. The van der Waals surface area contributed by atoms with E-state index in [2.05, 4.69) is 22.4 Å². The highest BCUT2D eigenvalue weighted by Crippen LogP contribution is 2.36. The second-order valence-electron chi connectivity index (χ2n) is 6.05. The molecule has 1 aromatic carbocycles. The standard InChI is InChI=1S/C19H25NO2S/c1-2-22-17-10-6-8-15(19(17)21)14-20-12-5-3-4-9-16(20)18-11-7-13-23-18/h6-8,10-11,13,16,21H,2-5,9,12,14H2,1H3/t16-/m0/s1. The Labute approximate surface area is 142 Å². The fourth-order valence-corrected chi connectivity index (χ4v) is 4.24. The third kappa shape index (κ3) is 3.88. The van der Waals surface area contributed by atoms with Gasteiger partial charge < -0.3 is 9.84 Å². The summed E-state index contributed by atoms with van der Waals surface area (Å²) in [4.78, 5) is 3.95. The first-order valence-corrected chi connectivity index (χ1v) is 9.38. The van der Waals surface area contributed by atoms with E-state index in [1.807, 2.05) is 36.5 Å². The first-order valence-electron chi connectivity index (χ1n) is 8.50. The number of benzene rings is 1. The van der Waals surface area contributed by atoms with Crippen molar-refractivity contribution in [2.45, 2.75) is 45.2 Å². The molecule has 0 saturated carbocycles. The lowest BCUT2D eigenvalue weighted by atomic mass is 10.1. The molecule has 1 aromatic heterocycles. The minimum Gasteiger partial charge on any atom is -0.504 e. The zero-order valence-corrected chi connectivity index (χ0v) is 14.5. The van der Waals surface area contributed by atoms with Gasteiger partial charge in [0.1, 0.15) is 0 Å². The van der Waals surface area contributed by atoms with Crippen LogP contribution in [0.1, 0.15) is 49.1 Å². The molecule has 3 nitrogen and oxygen atoms in total. The molecular weight excluding hydrogens is 306 g/mol. The first kappa shape index (κ1) is 16.3. The van der Waals surface area contributed by atoms with Gasteiger partial charge >= 0.3 is 0 Å². The van der Waals surface area contributed by atoms with Crippen LogP contribution in [0.4, 0.5) is 0 Å². The van der Waals surface area contributed by atoms with Crippen molar-refractivity contribution in [3.05, 3.63) is 46.2 Å². The molecule has 0 bridgehead atoms. The predicted octanol–water partition coefficient (Wildman–Crippen LogP) is 4.97. The number of rotatable bonds is 5. The molecule has 1 atom stereocenters. The second kappa shape index (κ2) is 7.84. The SMILES string of the molecule is CCOc1cccc(CN2CCCCC[C@H]2c2cccs2)c1O. The summed E-state index contributed by atoms with van der Waals surface area (Å²) in [5.74, 6) is 0.885. The van der Waals surface area contributed by atoms with E-state index in [1.54, 1.807) is 0 Å². The third-order valence-electron chi connectivity index (χ3n) is 4.49. The first-order chi connectivity index (χ1) is 11.3. The van der Waals surface area contributed by atoms with E-state index in [0.717, 1.165) is 18.7 Å². The van der Waals surface area contributed by atoms with E-state index in [1.165, 1.54) is 30.6 Å². The van der Waals surface area contributed by atoms with Gasteiger partial charge in [0.25, 0.3) is 0 Å². The molecular formula is C19H25NO2S. The molecule has 1 N–H and O–H groups in total. The average molecular weight is 331 g/mol. The van der Waals surface area contributed by atoms with E-state index in [4.69, 9.17) is 4.74 Å². The van der Waals surface area contributed by atoms with E-state index in [0.29, 0.717) is 24.1 Å². The Morgan fingerprint density at radius 3 is 2.91 bits per heavy atom. The molecule has 0 radical (unpaired) electrons. The molecule has 1 aliphatic rings. The summed E-state index contributed by atoms with van der Waals surface area (Å²) in [5, 5.41) is 12.6. The van der Waals surface area contributed by atoms with Crippen LogP contribution < -0.4 is 4.74 Å². The number of thiophene rings is 1. The highest BCUT2D eigenvalue weighted by atomic mass is 32.1. The van der Waals surface area contributed by atoms with Gasteiger partial charge in [-0.2, -0.15) is 0 Å². The van der Waals surface area contributed by atoms with Gasteiger partial charge in [0.05, 0.1) is 6.61 Å². The normalized spacial score (nSPS) is 19.4. The highest BCUT2D eigenvalue weighted by Gasteiger charge is 2.24. The molecule has 124 valence electrons. The van der Waals surface area contributed by atoms with Crippen LogP contribution in [-0.4, -0.2) is 23.2 Å². The van der Waals surface area contributed by atoms with Gasteiger partial charge in [-0.15, -0.1) is 11.3 Å². The maximum Gasteiger partial charge on any atom is 0.162 e. The number of hydrogen-bond acceptors (Lipinski definition) is 4. The summed E-state index contributed by atoms with van der Waals surface area (Å²) in [6, 6.07) is 10.7. The average Bonchev–Trinajstić information content (AvgIpc) is 2.99. The Morgan fingerprint density at radius 1 is 1.22 bits per heavy atom. The van der Waals surface area contributed by atoms with E-state index in [-0.39, 0.29) is 0 Å².